The average Bonchev–Trinajstić information content (AvgIpc) is 2.99. The molecule has 1 aliphatic rings. The molecule has 5 heteroatoms. The molecule has 1 rings (SSSR count). The van der Waals surface area contributed by atoms with Crippen molar-refractivity contribution in [2.45, 2.75) is 112 Å². The summed E-state index contributed by atoms with van der Waals surface area (Å²) in [6.45, 7) is 14.7. The van der Waals surface area contributed by atoms with Crippen molar-refractivity contribution in [2.24, 2.45) is 16.8 Å². The molecule has 0 fully saturated rings. The molecular formula is C25H44N2O3. The maximum absolute atomic E-state index is 13.0. The second kappa shape index (κ2) is 12.9. The third-order valence-corrected chi connectivity index (χ3v) is 6.08. The minimum atomic E-state index is -0.794. The predicted molar refractivity (Wildman–Crippen MR) is 125 cm³/mol. The molecule has 1 amide bonds. The Hall–Kier alpha value is -1.65. The van der Waals surface area contributed by atoms with E-state index in [0.29, 0.717) is 24.4 Å². The molecule has 0 spiro atoms. The lowest BCUT2D eigenvalue weighted by Gasteiger charge is -2.21. The Morgan fingerprint density at radius 3 is 2.13 bits per heavy atom. The SMILES string of the molecule is CCCCCCCCOC(=O)C(=C(CCCC)C1=NC(C)(C(C)C)C(=O)N1)C(C)C. The fraction of sp³-hybridized carbons (Fsp3) is 0.800. The molecule has 0 aliphatic carbocycles. The quantitative estimate of drug-likeness (QED) is 0.214. The first-order valence-electron chi connectivity index (χ1n) is 12.0. The second-order valence-electron chi connectivity index (χ2n) is 9.27. The molecule has 0 aromatic heterocycles. The third kappa shape index (κ3) is 7.24. The van der Waals surface area contributed by atoms with E-state index in [1.54, 1.807) is 0 Å². The number of esters is 1. The number of aliphatic imine (C=N–C) groups is 1. The highest BCUT2D eigenvalue weighted by molar-refractivity contribution is 6.17. The molecule has 0 bridgehead atoms. The highest BCUT2D eigenvalue weighted by atomic mass is 16.5. The van der Waals surface area contributed by atoms with Crippen LogP contribution in [-0.2, 0) is 14.3 Å². The number of rotatable bonds is 14. The van der Waals surface area contributed by atoms with Crippen molar-refractivity contribution in [2.75, 3.05) is 6.61 Å². The smallest absolute Gasteiger partial charge is 0.334 e. The van der Waals surface area contributed by atoms with Crippen LogP contribution >= 0.6 is 0 Å². The highest BCUT2D eigenvalue weighted by Gasteiger charge is 2.43. The van der Waals surface area contributed by atoms with Crippen molar-refractivity contribution in [3.05, 3.63) is 11.1 Å². The summed E-state index contributed by atoms with van der Waals surface area (Å²) in [6.07, 6.45) is 9.57. The molecule has 1 heterocycles. The largest absolute Gasteiger partial charge is 0.462 e. The van der Waals surface area contributed by atoms with Gasteiger partial charge in [0.1, 0.15) is 11.4 Å². The molecule has 0 aromatic rings. The minimum Gasteiger partial charge on any atom is -0.462 e. The summed E-state index contributed by atoms with van der Waals surface area (Å²) in [5.74, 6) is 0.277. The maximum Gasteiger partial charge on any atom is 0.334 e. The zero-order valence-electron chi connectivity index (χ0n) is 20.4. The van der Waals surface area contributed by atoms with Gasteiger partial charge in [-0.1, -0.05) is 80.1 Å². The van der Waals surface area contributed by atoms with Gasteiger partial charge in [-0.3, -0.25) is 9.79 Å². The van der Waals surface area contributed by atoms with E-state index in [-0.39, 0.29) is 23.7 Å². The number of hydrogen-bond donors (Lipinski definition) is 1. The Morgan fingerprint density at radius 1 is 1.00 bits per heavy atom. The first-order chi connectivity index (χ1) is 14.2. The first kappa shape index (κ1) is 26.4. The first-order valence-corrected chi connectivity index (χ1v) is 12.0. The summed E-state index contributed by atoms with van der Waals surface area (Å²) >= 11 is 0. The number of ether oxygens (including phenoxy) is 1. The van der Waals surface area contributed by atoms with Gasteiger partial charge in [0, 0.05) is 11.1 Å². The number of carbonyl (C=O) groups is 2. The van der Waals surface area contributed by atoms with Gasteiger partial charge < -0.3 is 10.1 Å². The normalized spacial score (nSPS) is 19.8. The zero-order valence-corrected chi connectivity index (χ0v) is 20.4. The van der Waals surface area contributed by atoms with Gasteiger partial charge in [-0.05, 0) is 38.0 Å². The summed E-state index contributed by atoms with van der Waals surface area (Å²) < 4.78 is 5.65. The Kier molecular flexibility index (Phi) is 11.4. The van der Waals surface area contributed by atoms with Gasteiger partial charge in [0.15, 0.2) is 0 Å². The van der Waals surface area contributed by atoms with E-state index in [0.717, 1.165) is 31.3 Å². The third-order valence-electron chi connectivity index (χ3n) is 6.08. The van der Waals surface area contributed by atoms with E-state index in [4.69, 9.17) is 9.73 Å². The van der Waals surface area contributed by atoms with Gasteiger partial charge >= 0.3 is 5.97 Å². The van der Waals surface area contributed by atoms with Crippen molar-refractivity contribution < 1.29 is 14.3 Å². The van der Waals surface area contributed by atoms with Crippen LogP contribution in [0.3, 0.4) is 0 Å². The van der Waals surface area contributed by atoms with Crippen LogP contribution in [0.25, 0.3) is 0 Å². The lowest BCUT2D eigenvalue weighted by Crippen LogP contribution is -2.41. The van der Waals surface area contributed by atoms with Crippen molar-refractivity contribution >= 4 is 17.7 Å². The zero-order chi connectivity index (χ0) is 22.7. The lowest BCUT2D eigenvalue weighted by molar-refractivity contribution is -0.139. The van der Waals surface area contributed by atoms with Crippen LogP contribution in [0.1, 0.15) is 106 Å². The van der Waals surface area contributed by atoms with Crippen LogP contribution in [0.5, 0.6) is 0 Å². The molecule has 1 aliphatic heterocycles. The Bertz CT molecular complexity index is 634. The number of amidine groups is 1. The molecule has 0 aromatic carbocycles. The van der Waals surface area contributed by atoms with Crippen LogP contribution < -0.4 is 5.32 Å². The molecule has 30 heavy (non-hydrogen) atoms. The average molecular weight is 421 g/mol. The molecule has 5 nitrogen and oxygen atoms in total. The fourth-order valence-electron chi connectivity index (χ4n) is 3.65. The van der Waals surface area contributed by atoms with Crippen LogP contribution in [0, 0.1) is 11.8 Å². The molecule has 1 N–H and O–H groups in total. The molecule has 1 unspecified atom stereocenters. The van der Waals surface area contributed by atoms with Crippen LogP contribution in [0.2, 0.25) is 0 Å². The molecule has 0 saturated carbocycles. The van der Waals surface area contributed by atoms with E-state index < -0.39 is 5.54 Å². The standard InChI is InChI=1S/C25H44N2O3/c1-8-10-12-13-14-15-17-30-23(28)21(18(3)4)20(16-11-9-2)22-26-24(29)25(7,27-22)19(5)6/h18-19H,8-17H2,1-7H3,(H,26,27,29). The van der Waals surface area contributed by atoms with E-state index >= 15 is 0 Å². The van der Waals surface area contributed by atoms with Crippen molar-refractivity contribution in [1.29, 1.82) is 0 Å². The number of carbonyl (C=O) groups excluding carboxylic acids is 2. The van der Waals surface area contributed by atoms with Crippen LogP contribution in [0.4, 0.5) is 0 Å². The van der Waals surface area contributed by atoms with Gasteiger partial charge in [-0.25, -0.2) is 4.79 Å². The van der Waals surface area contributed by atoms with Crippen molar-refractivity contribution in [1.82, 2.24) is 5.32 Å². The monoisotopic (exact) mass is 420 g/mol. The van der Waals surface area contributed by atoms with Gasteiger partial charge in [0.05, 0.1) is 6.61 Å². The highest BCUT2D eigenvalue weighted by Crippen LogP contribution is 2.30. The number of unbranched alkanes of at least 4 members (excludes halogenated alkanes) is 6. The molecular weight excluding hydrogens is 376 g/mol. The van der Waals surface area contributed by atoms with E-state index in [1.165, 1.54) is 25.7 Å². The maximum atomic E-state index is 13.0. The van der Waals surface area contributed by atoms with Gasteiger partial charge in [-0.2, -0.15) is 0 Å². The van der Waals surface area contributed by atoms with Gasteiger partial charge in [-0.15, -0.1) is 0 Å². The Labute approximate surface area is 184 Å². The van der Waals surface area contributed by atoms with Gasteiger partial charge in [0.25, 0.3) is 5.91 Å². The van der Waals surface area contributed by atoms with E-state index in [9.17, 15) is 9.59 Å². The molecule has 172 valence electrons. The van der Waals surface area contributed by atoms with E-state index in [1.807, 2.05) is 34.6 Å². The number of amides is 1. The predicted octanol–water partition coefficient (Wildman–Crippen LogP) is 5.98. The summed E-state index contributed by atoms with van der Waals surface area (Å²) in [7, 11) is 0. The van der Waals surface area contributed by atoms with Crippen molar-refractivity contribution in [3.8, 4) is 0 Å². The molecule has 0 radical (unpaired) electrons. The van der Waals surface area contributed by atoms with E-state index in [2.05, 4.69) is 19.2 Å². The number of nitrogens with zero attached hydrogens (tertiary/aromatic N) is 1. The van der Waals surface area contributed by atoms with Crippen LogP contribution in [-0.4, -0.2) is 29.9 Å². The summed E-state index contributed by atoms with van der Waals surface area (Å²) in [5, 5.41) is 2.97. The molecule has 0 saturated heterocycles. The summed E-state index contributed by atoms with van der Waals surface area (Å²) in [4.78, 5) is 30.4. The Balaban J connectivity index is 3.02. The van der Waals surface area contributed by atoms with Gasteiger partial charge in [0.2, 0.25) is 0 Å². The minimum absolute atomic E-state index is 0.000538. The Morgan fingerprint density at radius 2 is 1.60 bits per heavy atom. The lowest BCUT2D eigenvalue weighted by atomic mass is 9.89. The number of hydrogen-bond acceptors (Lipinski definition) is 4. The summed E-state index contributed by atoms with van der Waals surface area (Å²) in [6, 6.07) is 0. The number of nitrogens with one attached hydrogen (secondary N) is 1. The topological polar surface area (TPSA) is 67.8 Å². The summed E-state index contributed by atoms with van der Waals surface area (Å²) in [5.41, 5.74) is 0.705. The second-order valence-corrected chi connectivity index (χ2v) is 9.27. The molecule has 1 atom stereocenters. The fourth-order valence-corrected chi connectivity index (χ4v) is 3.65. The van der Waals surface area contributed by atoms with Crippen molar-refractivity contribution in [3.63, 3.8) is 0 Å². The van der Waals surface area contributed by atoms with Crippen LogP contribution in [0.15, 0.2) is 16.1 Å².